The molecule has 0 saturated carbocycles. The van der Waals surface area contributed by atoms with E-state index < -0.39 is 0 Å². The van der Waals surface area contributed by atoms with Crippen molar-refractivity contribution < 1.29 is 4.74 Å². The summed E-state index contributed by atoms with van der Waals surface area (Å²) in [6, 6.07) is 11.7. The van der Waals surface area contributed by atoms with Crippen molar-refractivity contribution in [2.75, 3.05) is 13.7 Å². The van der Waals surface area contributed by atoms with Gasteiger partial charge in [0.1, 0.15) is 5.75 Å². The second kappa shape index (κ2) is 6.55. The van der Waals surface area contributed by atoms with E-state index in [1.54, 1.807) is 13.3 Å². The van der Waals surface area contributed by atoms with Crippen molar-refractivity contribution in [1.29, 1.82) is 0 Å². The van der Waals surface area contributed by atoms with E-state index in [0.29, 0.717) is 10.8 Å². The van der Waals surface area contributed by atoms with Gasteiger partial charge in [0.15, 0.2) is 0 Å². The number of nitrogens with one attached hydrogen (secondary N) is 1. The number of nitrogens with zero attached hydrogens (tertiary/aromatic N) is 1. The van der Waals surface area contributed by atoms with Gasteiger partial charge in [0.25, 0.3) is 0 Å². The van der Waals surface area contributed by atoms with Gasteiger partial charge in [-0.25, -0.2) is 0 Å². The van der Waals surface area contributed by atoms with E-state index in [2.05, 4.69) is 17.2 Å². The molecule has 1 heterocycles. The minimum Gasteiger partial charge on any atom is -0.495 e. The molecule has 0 saturated heterocycles. The lowest BCUT2D eigenvalue weighted by molar-refractivity contribution is 0.414. The first-order valence-electron chi connectivity index (χ1n) is 6.24. The van der Waals surface area contributed by atoms with Gasteiger partial charge < -0.3 is 10.1 Å². The lowest BCUT2D eigenvalue weighted by atomic mass is 10.0. The molecular formula is C15H17ClN2O. The third-order valence-electron chi connectivity index (χ3n) is 2.90. The number of hydrogen-bond acceptors (Lipinski definition) is 3. The predicted octanol–water partition coefficient (Wildman–Crippen LogP) is 3.44. The van der Waals surface area contributed by atoms with Crippen LogP contribution in [0.25, 0.3) is 0 Å². The Morgan fingerprint density at radius 1 is 1.32 bits per heavy atom. The van der Waals surface area contributed by atoms with E-state index >= 15 is 0 Å². The number of methoxy groups -OCH3 is 1. The Kier molecular flexibility index (Phi) is 4.77. The van der Waals surface area contributed by atoms with Crippen LogP contribution in [0.2, 0.25) is 5.02 Å². The molecule has 0 aliphatic carbocycles. The summed E-state index contributed by atoms with van der Waals surface area (Å²) in [6.45, 7) is 2.93. The minimum atomic E-state index is 0.0392. The van der Waals surface area contributed by atoms with Crippen molar-refractivity contribution >= 4 is 11.6 Å². The van der Waals surface area contributed by atoms with Gasteiger partial charge in [0, 0.05) is 6.20 Å². The molecule has 0 radical (unpaired) electrons. The van der Waals surface area contributed by atoms with Crippen LogP contribution in [0.5, 0.6) is 5.75 Å². The largest absolute Gasteiger partial charge is 0.495 e. The third kappa shape index (κ3) is 3.25. The zero-order valence-corrected chi connectivity index (χ0v) is 11.8. The normalized spacial score (nSPS) is 12.2. The zero-order chi connectivity index (χ0) is 13.7. The van der Waals surface area contributed by atoms with Crippen LogP contribution in [-0.4, -0.2) is 18.6 Å². The van der Waals surface area contributed by atoms with E-state index in [4.69, 9.17) is 16.3 Å². The Bertz CT molecular complexity index is 531. The lowest BCUT2D eigenvalue weighted by Gasteiger charge is -2.18. The summed E-state index contributed by atoms with van der Waals surface area (Å²) in [5, 5.41) is 4.04. The standard InChI is InChI=1S/C15H17ClN2O/c1-3-17-15(13-6-4-5-9-18-13)11-7-8-12(16)14(10-11)19-2/h4-10,15,17H,3H2,1-2H3. The van der Waals surface area contributed by atoms with Gasteiger partial charge in [-0.3, -0.25) is 4.98 Å². The molecule has 3 nitrogen and oxygen atoms in total. The Hall–Kier alpha value is -1.58. The maximum Gasteiger partial charge on any atom is 0.137 e. The average Bonchev–Trinajstić information content (AvgIpc) is 2.46. The van der Waals surface area contributed by atoms with Gasteiger partial charge in [0.2, 0.25) is 0 Å². The van der Waals surface area contributed by atoms with Gasteiger partial charge >= 0.3 is 0 Å². The molecule has 100 valence electrons. The minimum absolute atomic E-state index is 0.0392. The van der Waals surface area contributed by atoms with Gasteiger partial charge in [-0.2, -0.15) is 0 Å². The molecule has 1 unspecified atom stereocenters. The van der Waals surface area contributed by atoms with Crippen molar-refractivity contribution in [3.8, 4) is 5.75 Å². The number of benzene rings is 1. The summed E-state index contributed by atoms with van der Waals surface area (Å²) < 4.78 is 5.27. The van der Waals surface area contributed by atoms with Crippen molar-refractivity contribution in [1.82, 2.24) is 10.3 Å². The first-order valence-corrected chi connectivity index (χ1v) is 6.61. The van der Waals surface area contributed by atoms with Crippen molar-refractivity contribution in [3.05, 3.63) is 58.9 Å². The molecule has 2 aromatic rings. The van der Waals surface area contributed by atoms with Crippen molar-refractivity contribution in [3.63, 3.8) is 0 Å². The highest BCUT2D eigenvalue weighted by Gasteiger charge is 2.15. The number of pyridine rings is 1. The average molecular weight is 277 g/mol. The smallest absolute Gasteiger partial charge is 0.137 e. The van der Waals surface area contributed by atoms with Crippen LogP contribution < -0.4 is 10.1 Å². The van der Waals surface area contributed by atoms with E-state index in [-0.39, 0.29) is 6.04 Å². The summed E-state index contributed by atoms with van der Waals surface area (Å²) in [7, 11) is 1.62. The van der Waals surface area contributed by atoms with Crippen LogP contribution in [-0.2, 0) is 0 Å². The van der Waals surface area contributed by atoms with Crippen LogP contribution in [0.15, 0.2) is 42.6 Å². The molecule has 0 bridgehead atoms. The summed E-state index contributed by atoms with van der Waals surface area (Å²) in [6.07, 6.45) is 1.80. The SMILES string of the molecule is CCNC(c1ccc(Cl)c(OC)c1)c1ccccn1. The van der Waals surface area contributed by atoms with Gasteiger partial charge in [-0.1, -0.05) is 30.7 Å². The van der Waals surface area contributed by atoms with E-state index in [0.717, 1.165) is 17.8 Å². The fourth-order valence-corrected chi connectivity index (χ4v) is 2.19. The molecule has 4 heteroatoms. The first-order chi connectivity index (χ1) is 9.26. The maximum atomic E-state index is 6.06. The molecule has 0 aliphatic heterocycles. The number of halogens is 1. The second-order valence-corrected chi connectivity index (χ2v) is 4.55. The fraction of sp³-hybridized carbons (Fsp3) is 0.267. The molecule has 1 atom stereocenters. The van der Waals surface area contributed by atoms with Crippen LogP contribution >= 0.6 is 11.6 Å². The topological polar surface area (TPSA) is 34.1 Å². The highest BCUT2D eigenvalue weighted by molar-refractivity contribution is 6.32. The lowest BCUT2D eigenvalue weighted by Crippen LogP contribution is -2.22. The van der Waals surface area contributed by atoms with Crippen LogP contribution in [0.3, 0.4) is 0 Å². The third-order valence-corrected chi connectivity index (χ3v) is 3.21. The predicted molar refractivity (Wildman–Crippen MR) is 77.8 cm³/mol. The monoisotopic (exact) mass is 276 g/mol. The highest BCUT2D eigenvalue weighted by Crippen LogP contribution is 2.29. The quantitative estimate of drug-likeness (QED) is 0.908. The van der Waals surface area contributed by atoms with E-state index in [9.17, 15) is 0 Å². The van der Waals surface area contributed by atoms with E-state index in [1.165, 1.54) is 0 Å². The molecule has 1 aromatic carbocycles. The summed E-state index contributed by atoms with van der Waals surface area (Å²) >= 11 is 6.06. The summed E-state index contributed by atoms with van der Waals surface area (Å²) in [5.41, 5.74) is 2.07. The van der Waals surface area contributed by atoms with Crippen molar-refractivity contribution in [2.24, 2.45) is 0 Å². The van der Waals surface area contributed by atoms with Crippen LogP contribution in [0.1, 0.15) is 24.2 Å². The number of aromatic nitrogens is 1. The number of hydrogen-bond donors (Lipinski definition) is 1. The van der Waals surface area contributed by atoms with Crippen LogP contribution in [0, 0.1) is 0 Å². The molecule has 0 amide bonds. The summed E-state index contributed by atoms with van der Waals surface area (Å²) in [4.78, 5) is 4.42. The molecule has 0 fully saturated rings. The van der Waals surface area contributed by atoms with Gasteiger partial charge in [0.05, 0.1) is 23.9 Å². The highest BCUT2D eigenvalue weighted by atomic mass is 35.5. The Labute approximate surface area is 118 Å². The molecule has 1 N–H and O–H groups in total. The van der Waals surface area contributed by atoms with Gasteiger partial charge in [-0.15, -0.1) is 0 Å². The zero-order valence-electron chi connectivity index (χ0n) is 11.1. The first kappa shape index (κ1) is 13.8. The van der Waals surface area contributed by atoms with E-state index in [1.807, 2.05) is 36.4 Å². The van der Waals surface area contributed by atoms with Crippen molar-refractivity contribution in [2.45, 2.75) is 13.0 Å². The fourth-order valence-electron chi connectivity index (χ4n) is 2.00. The molecule has 0 spiro atoms. The maximum absolute atomic E-state index is 6.06. The molecular weight excluding hydrogens is 260 g/mol. The molecule has 2 rings (SSSR count). The Balaban J connectivity index is 2.39. The second-order valence-electron chi connectivity index (χ2n) is 4.14. The summed E-state index contributed by atoms with van der Waals surface area (Å²) in [5.74, 6) is 0.679. The molecule has 1 aromatic heterocycles. The Morgan fingerprint density at radius 3 is 2.79 bits per heavy atom. The molecule has 0 aliphatic rings. The molecule has 19 heavy (non-hydrogen) atoms. The van der Waals surface area contributed by atoms with Crippen LogP contribution in [0.4, 0.5) is 0 Å². The number of rotatable bonds is 5. The number of ether oxygens (including phenoxy) is 1. The van der Waals surface area contributed by atoms with Gasteiger partial charge in [-0.05, 0) is 36.4 Å². The Morgan fingerprint density at radius 2 is 2.16 bits per heavy atom.